The number of aryl methyl sites for hydroxylation is 1. The van der Waals surface area contributed by atoms with Gasteiger partial charge in [-0.15, -0.1) is 0 Å². The van der Waals surface area contributed by atoms with Gasteiger partial charge in [0.05, 0.1) is 0 Å². The standard InChI is InChI=1S/C12H19N/c1-4-5-7-10(2)12-11(3)8-6-9-13-12/h6,8-10H,4-5,7H2,1-3H3. The minimum absolute atomic E-state index is 0.612. The lowest BCUT2D eigenvalue weighted by Crippen LogP contribution is -1.99. The van der Waals surface area contributed by atoms with Gasteiger partial charge in [-0.05, 0) is 30.9 Å². The van der Waals surface area contributed by atoms with Gasteiger partial charge >= 0.3 is 0 Å². The molecule has 1 heterocycles. The summed E-state index contributed by atoms with van der Waals surface area (Å²) in [5.41, 5.74) is 2.60. The molecule has 0 radical (unpaired) electrons. The molecule has 72 valence electrons. The number of rotatable bonds is 4. The lowest BCUT2D eigenvalue weighted by molar-refractivity contribution is 0.608. The SMILES string of the molecule is CCCCC(C)c1ncccc1C. The van der Waals surface area contributed by atoms with Crippen LogP contribution < -0.4 is 0 Å². The van der Waals surface area contributed by atoms with Crippen LogP contribution in [0.25, 0.3) is 0 Å². The number of hydrogen-bond acceptors (Lipinski definition) is 1. The van der Waals surface area contributed by atoms with Crippen molar-refractivity contribution in [2.24, 2.45) is 0 Å². The second kappa shape index (κ2) is 5.00. The summed E-state index contributed by atoms with van der Waals surface area (Å²) in [6, 6.07) is 4.15. The second-order valence-electron chi connectivity index (χ2n) is 3.75. The van der Waals surface area contributed by atoms with Gasteiger partial charge in [0.15, 0.2) is 0 Å². The normalized spacial score (nSPS) is 12.8. The molecule has 0 N–H and O–H groups in total. The largest absolute Gasteiger partial charge is 0.261 e. The van der Waals surface area contributed by atoms with E-state index in [1.165, 1.54) is 30.5 Å². The lowest BCUT2D eigenvalue weighted by atomic mass is 9.97. The minimum Gasteiger partial charge on any atom is -0.261 e. The van der Waals surface area contributed by atoms with Crippen LogP contribution >= 0.6 is 0 Å². The van der Waals surface area contributed by atoms with E-state index in [1.807, 2.05) is 12.3 Å². The van der Waals surface area contributed by atoms with Crippen LogP contribution in [-0.2, 0) is 0 Å². The Morgan fingerprint density at radius 2 is 2.23 bits per heavy atom. The number of nitrogens with zero attached hydrogens (tertiary/aromatic N) is 1. The maximum atomic E-state index is 4.43. The highest BCUT2D eigenvalue weighted by Crippen LogP contribution is 2.21. The van der Waals surface area contributed by atoms with Crippen LogP contribution in [0.4, 0.5) is 0 Å². The van der Waals surface area contributed by atoms with Crippen molar-refractivity contribution in [3.8, 4) is 0 Å². The predicted octanol–water partition coefficient (Wildman–Crippen LogP) is 3.68. The Hall–Kier alpha value is -0.850. The van der Waals surface area contributed by atoms with Crippen LogP contribution in [0.2, 0.25) is 0 Å². The first-order chi connectivity index (χ1) is 6.25. The average Bonchev–Trinajstić information content (AvgIpc) is 2.15. The van der Waals surface area contributed by atoms with Crippen molar-refractivity contribution < 1.29 is 0 Å². The first kappa shape index (κ1) is 10.2. The summed E-state index contributed by atoms with van der Waals surface area (Å²) in [6.45, 7) is 6.65. The summed E-state index contributed by atoms with van der Waals surface area (Å²) in [5, 5.41) is 0. The molecule has 0 aliphatic rings. The molecule has 0 saturated carbocycles. The van der Waals surface area contributed by atoms with Crippen molar-refractivity contribution in [3.05, 3.63) is 29.6 Å². The van der Waals surface area contributed by atoms with Crippen molar-refractivity contribution >= 4 is 0 Å². The van der Waals surface area contributed by atoms with Gasteiger partial charge in [0, 0.05) is 11.9 Å². The second-order valence-corrected chi connectivity index (χ2v) is 3.75. The van der Waals surface area contributed by atoms with Crippen LogP contribution in [0.3, 0.4) is 0 Å². The summed E-state index contributed by atoms with van der Waals surface area (Å²) in [5.74, 6) is 0.612. The minimum atomic E-state index is 0.612. The molecule has 0 aliphatic carbocycles. The van der Waals surface area contributed by atoms with E-state index in [9.17, 15) is 0 Å². The lowest BCUT2D eigenvalue weighted by Gasteiger charge is -2.12. The molecule has 1 rings (SSSR count). The topological polar surface area (TPSA) is 12.9 Å². The Morgan fingerprint density at radius 1 is 1.46 bits per heavy atom. The first-order valence-corrected chi connectivity index (χ1v) is 5.17. The van der Waals surface area contributed by atoms with E-state index in [0.717, 1.165) is 0 Å². The van der Waals surface area contributed by atoms with Gasteiger partial charge in [-0.1, -0.05) is 32.8 Å². The molecule has 1 aromatic heterocycles. The van der Waals surface area contributed by atoms with Crippen molar-refractivity contribution in [2.75, 3.05) is 0 Å². The van der Waals surface area contributed by atoms with Gasteiger partial charge in [0.1, 0.15) is 0 Å². The van der Waals surface area contributed by atoms with E-state index in [4.69, 9.17) is 0 Å². The Morgan fingerprint density at radius 3 is 2.85 bits per heavy atom. The quantitative estimate of drug-likeness (QED) is 0.683. The zero-order chi connectivity index (χ0) is 9.68. The highest BCUT2D eigenvalue weighted by molar-refractivity contribution is 5.20. The maximum absolute atomic E-state index is 4.43. The van der Waals surface area contributed by atoms with Gasteiger partial charge < -0.3 is 0 Å². The Kier molecular flexibility index (Phi) is 3.94. The maximum Gasteiger partial charge on any atom is 0.0460 e. The van der Waals surface area contributed by atoms with E-state index in [0.29, 0.717) is 5.92 Å². The third-order valence-corrected chi connectivity index (χ3v) is 2.51. The zero-order valence-corrected chi connectivity index (χ0v) is 8.88. The molecule has 0 saturated heterocycles. The van der Waals surface area contributed by atoms with Crippen LogP contribution in [0.15, 0.2) is 18.3 Å². The van der Waals surface area contributed by atoms with Crippen LogP contribution in [0, 0.1) is 6.92 Å². The van der Waals surface area contributed by atoms with E-state index in [2.05, 4.69) is 31.8 Å². The molecular weight excluding hydrogens is 158 g/mol. The Labute approximate surface area is 81.2 Å². The molecular formula is C12H19N. The van der Waals surface area contributed by atoms with Crippen LogP contribution in [0.5, 0.6) is 0 Å². The summed E-state index contributed by atoms with van der Waals surface area (Å²) < 4.78 is 0. The Bertz CT molecular complexity index is 255. The molecule has 0 spiro atoms. The van der Waals surface area contributed by atoms with Crippen LogP contribution in [-0.4, -0.2) is 4.98 Å². The highest BCUT2D eigenvalue weighted by atomic mass is 14.7. The fraction of sp³-hybridized carbons (Fsp3) is 0.583. The fourth-order valence-corrected chi connectivity index (χ4v) is 1.66. The summed E-state index contributed by atoms with van der Waals surface area (Å²) in [4.78, 5) is 4.43. The van der Waals surface area contributed by atoms with E-state index < -0.39 is 0 Å². The number of unbranched alkanes of at least 4 members (excludes halogenated alkanes) is 1. The highest BCUT2D eigenvalue weighted by Gasteiger charge is 2.07. The summed E-state index contributed by atoms with van der Waals surface area (Å²) in [7, 11) is 0. The zero-order valence-electron chi connectivity index (χ0n) is 8.88. The van der Waals surface area contributed by atoms with Crippen molar-refractivity contribution in [1.82, 2.24) is 4.98 Å². The molecule has 1 atom stereocenters. The van der Waals surface area contributed by atoms with Gasteiger partial charge in [0.2, 0.25) is 0 Å². The number of pyridine rings is 1. The molecule has 13 heavy (non-hydrogen) atoms. The molecule has 0 amide bonds. The van der Waals surface area contributed by atoms with Gasteiger partial charge in [-0.25, -0.2) is 0 Å². The van der Waals surface area contributed by atoms with Crippen molar-refractivity contribution in [3.63, 3.8) is 0 Å². The number of aromatic nitrogens is 1. The summed E-state index contributed by atoms with van der Waals surface area (Å²) in [6.07, 6.45) is 5.73. The molecule has 0 fully saturated rings. The molecule has 0 bridgehead atoms. The monoisotopic (exact) mass is 177 g/mol. The van der Waals surface area contributed by atoms with E-state index >= 15 is 0 Å². The van der Waals surface area contributed by atoms with Crippen molar-refractivity contribution in [2.45, 2.75) is 46.0 Å². The number of hydrogen-bond donors (Lipinski definition) is 0. The molecule has 1 aromatic rings. The molecule has 1 unspecified atom stereocenters. The third kappa shape index (κ3) is 2.83. The van der Waals surface area contributed by atoms with Gasteiger partial charge in [0.25, 0.3) is 0 Å². The van der Waals surface area contributed by atoms with Gasteiger partial charge in [-0.3, -0.25) is 4.98 Å². The van der Waals surface area contributed by atoms with Gasteiger partial charge in [-0.2, -0.15) is 0 Å². The van der Waals surface area contributed by atoms with E-state index in [-0.39, 0.29) is 0 Å². The molecule has 0 aliphatic heterocycles. The fourth-order valence-electron chi connectivity index (χ4n) is 1.66. The van der Waals surface area contributed by atoms with Crippen molar-refractivity contribution in [1.29, 1.82) is 0 Å². The molecule has 1 nitrogen and oxygen atoms in total. The molecule has 1 heteroatoms. The predicted molar refractivity (Wildman–Crippen MR) is 56.9 cm³/mol. The first-order valence-electron chi connectivity index (χ1n) is 5.17. The van der Waals surface area contributed by atoms with Crippen LogP contribution in [0.1, 0.15) is 50.3 Å². The summed E-state index contributed by atoms with van der Waals surface area (Å²) >= 11 is 0. The smallest absolute Gasteiger partial charge is 0.0460 e. The average molecular weight is 177 g/mol. The third-order valence-electron chi connectivity index (χ3n) is 2.51. The molecule has 0 aromatic carbocycles. The Balaban J connectivity index is 2.65. The van der Waals surface area contributed by atoms with E-state index in [1.54, 1.807) is 0 Å².